The number of aryl methyl sites for hydroxylation is 2. The van der Waals surface area contributed by atoms with E-state index < -0.39 is 0 Å². The molecule has 0 saturated carbocycles. The predicted molar refractivity (Wildman–Crippen MR) is 145 cm³/mol. The van der Waals surface area contributed by atoms with Crippen molar-refractivity contribution in [3.63, 3.8) is 0 Å². The minimum atomic E-state index is 0.302. The molecule has 3 heterocycles. The summed E-state index contributed by atoms with van der Waals surface area (Å²) in [6, 6.07) is 16.8. The van der Waals surface area contributed by atoms with Crippen LogP contribution in [0, 0.1) is 0 Å². The van der Waals surface area contributed by atoms with Crippen molar-refractivity contribution >= 4 is 34.5 Å². The Balaban J connectivity index is 1.78. The molecule has 4 nitrogen and oxygen atoms in total. The Labute approximate surface area is 211 Å². The van der Waals surface area contributed by atoms with Crippen molar-refractivity contribution in [2.45, 2.75) is 52.1 Å². The van der Waals surface area contributed by atoms with E-state index in [1.807, 2.05) is 24.3 Å². The monoisotopic (exact) mass is 491 g/mol. The van der Waals surface area contributed by atoms with Gasteiger partial charge in [-0.05, 0) is 68.0 Å². The Morgan fingerprint density at radius 2 is 1.79 bits per heavy atom. The van der Waals surface area contributed by atoms with Gasteiger partial charge in [-0.15, -0.1) is 0 Å². The van der Waals surface area contributed by atoms with Crippen LogP contribution in [0.4, 0.5) is 0 Å². The zero-order valence-corrected chi connectivity index (χ0v) is 21.5. The maximum Gasteiger partial charge on any atom is 0.124 e. The Kier molecular flexibility index (Phi) is 6.41. The van der Waals surface area contributed by atoms with Crippen molar-refractivity contribution < 1.29 is 4.74 Å². The highest BCUT2D eigenvalue weighted by Crippen LogP contribution is 2.40. The van der Waals surface area contributed by atoms with Gasteiger partial charge in [0.05, 0.1) is 18.5 Å². The first-order valence-electron chi connectivity index (χ1n) is 12.0. The highest BCUT2D eigenvalue weighted by Gasteiger charge is 2.28. The van der Waals surface area contributed by atoms with Crippen LogP contribution in [0.1, 0.15) is 44.4 Å². The zero-order chi connectivity index (χ0) is 23.8. The number of rotatable bonds is 6. The molecule has 5 rings (SSSR count). The van der Waals surface area contributed by atoms with Gasteiger partial charge in [0.2, 0.25) is 0 Å². The molecule has 4 aromatic rings. The second kappa shape index (κ2) is 9.47. The SMILES string of the molecule is CC[C@@H](C)NC(=S)c1c(-c2ccc(OC)cc2)c2c3n(c(-c4ccc(Cl)cc4)cn13)CCCC2. The van der Waals surface area contributed by atoms with E-state index in [9.17, 15) is 0 Å². The minimum Gasteiger partial charge on any atom is -0.497 e. The molecule has 0 fully saturated rings. The first-order valence-corrected chi connectivity index (χ1v) is 12.8. The van der Waals surface area contributed by atoms with Gasteiger partial charge in [-0.3, -0.25) is 4.40 Å². The van der Waals surface area contributed by atoms with E-state index in [4.69, 9.17) is 28.6 Å². The summed E-state index contributed by atoms with van der Waals surface area (Å²) in [5.41, 5.74) is 8.45. The molecule has 176 valence electrons. The van der Waals surface area contributed by atoms with Crippen LogP contribution >= 0.6 is 23.8 Å². The van der Waals surface area contributed by atoms with E-state index in [1.54, 1.807) is 7.11 Å². The molecule has 1 N–H and O–H groups in total. The molecule has 1 aliphatic rings. The maximum absolute atomic E-state index is 6.19. The molecule has 6 heteroatoms. The molecule has 0 bridgehead atoms. The number of halogens is 1. The molecule has 0 amide bonds. The summed E-state index contributed by atoms with van der Waals surface area (Å²) in [6.45, 7) is 5.34. The summed E-state index contributed by atoms with van der Waals surface area (Å²) >= 11 is 12.2. The molecule has 1 atom stereocenters. The fourth-order valence-corrected chi connectivity index (χ4v) is 5.45. The van der Waals surface area contributed by atoms with Crippen LogP contribution in [0.5, 0.6) is 5.75 Å². The number of thiocarbonyl (C=S) groups is 1. The summed E-state index contributed by atoms with van der Waals surface area (Å²) in [6.07, 6.45) is 6.58. The van der Waals surface area contributed by atoms with Gasteiger partial charge in [0.15, 0.2) is 0 Å². The van der Waals surface area contributed by atoms with Gasteiger partial charge in [0.1, 0.15) is 16.4 Å². The van der Waals surface area contributed by atoms with Crippen LogP contribution in [0.3, 0.4) is 0 Å². The summed E-state index contributed by atoms with van der Waals surface area (Å²) < 4.78 is 10.2. The van der Waals surface area contributed by atoms with E-state index >= 15 is 0 Å². The van der Waals surface area contributed by atoms with E-state index in [-0.39, 0.29) is 0 Å². The van der Waals surface area contributed by atoms with Crippen LogP contribution in [0.2, 0.25) is 5.02 Å². The van der Waals surface area contributed by atoms with Crippen molar-refractivity contribution in [1.82, 2.24) is 14.3 Å². The summed E-state index contributed by atoms with van der Waals surface area (Å²) in [4.78, 5) is 0.793. The number of hydrogen-bond donors (Lipinski definition) is 1. The molecule has 1 aliphatic heterocycles. The molecule has 2 aromatic carbocycles. The van der Waals surface area contributed by atoms with Crippen LogP contribution in [0.25, 0.3) is 28.0 Å². The number of nitrogens with one attached hydrogen (secondary N) is 1. The quantitative estimate of drug-likeness (QED) is 0.291. The molecule has 0 unspecified atom stereocenters. The highest BCUT2D eigenvalue weighted by molar-refractivity contribution is 7.80. The Hall–Kier alpha value is -2.76. The van der Waals surface area contributed by atoms with Gasteiger partial charge in [-0.1, -0.05) is 55.0 Å². The normalized spacial score (nSPS) is 14.1. The number of nitrogens with zero attached hydrogens (tertiary/aromatic N) is 2. The van der Waals surface area contributed by atoms with E-state index in [0.717, 1.165) is 53.7 Å². The van der Waals surface area contributed by atoms with Crippen molar-refractivity contribution in [3.8, 4) is 28.1 Å². The highest BCUT2D eigenvalue weighted by atomic mass is 35.5. The largest absolute Gasteiger partial charge is 0.497 e. The maximum atomic E-state index is 6.19. The Bertz CT molecular complexity index is 1340. The van der Waals surface area contributed by atoms with Crippen LogP contribution < -0.4 is 10.1 Å². The molecule has 0 aliphatic carbocycles. The lowest BCUT2D eigenvalue weighted by atomic mass is 9.97. The fourth-order valence-electron chi connectivity index (χ4n) is 4.92. The lowest BCUT2D eigenvalue weighted by Gasteiger charge is -2.16. The van der Waals surface area contributed by atoms with Crippen LogP contribution in [0.15, 0.2) is 54.7 Å². The summed E-state index contributed by atoms with van der Waals surface area (Å²) in [5, 5.41) is 4.33. The molecule has 0 saturated heterocycles. The average molecular weight is 492 g/mol. The van der Waals surface area contributed by atoms with Gasteiger partial charge < -0.3 is 14.6 Å². The van der Waals surface area contributed by atoms with Crippen LogP contribution in [-0.4, -0.2) is 27.1 Å². The molecule has 34 heavy (non-hydrogen) atoms. The first-order chi connectivity index (χ1) is 16.5. The van der Waals surface area contributed by atoms with Crippen molar-refractivity contribution in [2.24, 2.45) is 0 Å². The molecule has 0 radical (unpaired) electrons. The van der Waals surface area contributed by atoms with Crippen molar-refractivity contribution in [3.05, 3.63) is 71.0 Å². The third kappa shape index (κ3) is 4.01. The van der Waals surface area contributed by atoms with Gasteiger partial charge in [0.25, 0.3) is 0 Å². The standard InChI is InChI=1S/C28H30ClN3OS/c1-4-18(2)30-27(34)26-25(20-10-14-22(33-3)15-11-20)23-7-5-6-16-31-24(17-32(26)28(23)31)19-8-12-21(29)13-9-19/h8-15,17-18H,4-7,16H2,1-3H3,(H,30,34)/t18-/m1/s1. The van der Waals surface area contributed by atoms with Gasteiger partial charge in [-0.25, -0.2) is 0 Å². The summed E-state index contributed by atoms with van der Waals surface area (Å²) in [5.74, 6) is 0.856. The molecule has 0 spiro atoms. The zero-order valence-electron chi connectivity index (χ0n) is 19.9. The Morgan fingerprint density at radius 3 is 2.47 bits per heavy atom. The number of ether oxygens (including phenoxy) is 1. The third-order valence-electron chi connectivity index (χ3n) is 6.86. The predicted octanol–water partition coefficient (Wildman–Crippen LogP) is 7.14. The number of aromatic nitrogens is 2. The smallest absolute Gasteiger partial charge is 0.124 e. The molecular formula is C28H30ClN3OS. The number of hydrogen-bond acceptors (Lipinski definition) is 2. The third-order valence-corrected chi connectivity index (χ3v) is 7.42. The first kappa shape index (κ1) is 23.0. The topological polar surface area (TPSA) is 30.6 Å². The lowest BCUT2D eigenvalue weighted by molar-refractivity contribution is 0.415. The van der Waals surface area contributed by atoms with E-state index in [1.165, 1.54) is 33.6 Å². The van der Waals surface area contributed by atoms with E-state index in [0.29, 0.717) is 6.04 Å². The molecular weight excluding hydrogens is 462 g/mol. The van der Waals surface area contributed by atoms with Gasteiger partial charge in [0, 0.05) is 34.9 Å². The number of imidazole rings is 1. The number of benzene rings is 2. The second-order valence-corrected chi connectivity index (χ2v) is 9.88. The number of methoxy groups -OCH3 is 1. The van der Waals surface area contributed by atoms with Gasteiger partial charge in [-0.2, -0.15) is 0 Å². The van der Waals surface area contributed by atoms with Crippen molar-refractivity contribution in [2.75, 3.05) is 7.11 Å². The van der Waals surface area contributed by atoms with Crippen molar-refractivity contribution in [1.29, 1.82) is 0 Å². The average Bonchev–Trinajstić information content (AvgIpc) is 3.27. The second-order valence-electron chi connectivity index (χ2n) is 9.04. The van der Waals surface area contributed by atoms with E-state index in [2.05, 4.69) is 58.6 Å². The van der Waals surface area contributed by atoms with Gasteiger partial charge >= 0.3 is 0 Å². The fraction of sp³-hybridized carbons (Fsp3) is 0.321. The molecule has 2 aromatic heterocycles. The van der Waals surface area contributed by atoms with Crippen LogP contribution in [-0.2, 0) is 13.0 Å². The summed E-state index contributed by atoms with van der Waals surface area (Å²) in [7, 11) is 1.70. The lowest BCUT2D eigenvalue weighted by Crippen LogP contribution is -2.32. The Morgan fingerprint density at radius 1 is 1.09 bits per heavy atom. The minimum absolute atomic E-state index is 0.302.